The summed E-state index contributed by atoms with van der Waals surface area (Å²) in [6.07, 6.45) is 4.24. The maximum Gasteiger partial charge on any atom is 0.241 e. The van der Waals surface area contributed by atoms with E-state index in [2.05, 4.69) is 4.72 Å². The molecule has 1 rings (SSSR count). The summed E-state index contributed by atoms with van der Waals surface area (Å²) in [5.41, 5.74) is 5.67. The van der Waals surface area contributed by atoms with Gasteiger partial charge in [0.15, 0.2) is 5.25 Å². The van der Waals surface area contributed by atoms with Crippen LogP contribution in [0, 0.1) is 5.92 Å². The molecule has 1 aliphatic rings. The van der Waals surface area contributed by atoms with E-state index in [9.17, 15) is 13.2 Å². The average Bonchev–Trinajstić information content (AvgIpc) is 2.87. The van der Waals surface area contributed by atoms with Gasteiger partial charge in [0.2, 0.25) is 15.9 Å². The molecule has 19 heavy (non-hydrogen) atoms. The fourth-order valence-corrected chi connectivity index (χ4v) is 3.90. The molecule has 2 atom stereocenters. The first-order valence-electron chi connectivity index (χ1n) is 6.72. The molecule has 0 radical (unpaired) electrons. The van der Waals surface area contributed by atoms with Crippen molar-refractivity contribution >= 4 is 15.9 Å². The minimum Gasteiger partial charge on any atom is -0.348 e. The van der Waals surface area contributed by atoms with Gasteiger partial charge in [0.05, 0.1) is 0 Å². The Labute approximate surface area is 115 Å². The minimum absolute atomic E-state index is 0.259. The molecule has 1 saturated carbocycles. The Kier molecular flexibility index (Phi) is 5.76. The van der Waals surface area contributed by atoms with Crippen LogP contribution in [0.4, 0.5) is 0 Å². The van der Waals surface area contributed by atoms with Gasteiger partial charge in [0, 0.05) is 26.7 Å². The molecule has 1 aliphatic carbocycles. The van der Waals surface area contributed by atoms with Crippen LogP contribution in [0.5, 0.6) is 0 Å². The number of amides is 1. The molecular weight excluding hydrogens is 266 g/mol. The molecule has 0 aliphatic heterocycles. The first-order chi connectivity index (χ1) is 8.79. The SMILES string of the molecule is CC(C(=O)N(C)C)S(=O)(=O)NC(CN)C1CCCC1. The molecule has 0 aromatic carbocycles. The summed E-state index contributed by atoms with van der Waals surface area (Å²) in [5, 5.41) is -1.09. The zero-order valence-electron chi connectivity index (χ0n) is 11.9. The van der Waals surface area contributed by atoms with Crippen molar-refractivity contribution in [2.75, 3.05) is 20.6 Å². The Balaban J connectivity index is 2.74. The molecule has 3 N–H and O–H groups in total. The molecule has 0 saturated heterocycles. The number of hydrogen-bond donors (Lipinski definition) is 2. The summed E-state index contributed by atoms with van der Waals surface area (Å²) in [4.78, 5) is 13.0. The molecule has 2 unspecified atom stereocenters. The van der Waals surface area contributed by atoms with Gasteiger partial charge < -0.3 is 10.6 Å². The molecule has 1 amide bonds. The van der Waals surface area contributed by atoms with Crippen molar-refractivity contribution in [3.8, 4) is 0 Å². The van der Waals surface area contributed by atoms with Crippen LogP contribution >= 0.6 is 0 Å². The zero-order chi connectivity index (χ0) is 14.6. The predicted molar refractivity (Wildman–Crippen MR) is 75.0 cm³/mol. The summed E-state index contributed by atoms with van der Waals surface area (Å²) in [6.45, 7) is 1.68. The Morgan fingerprint density at radius 3 is 2.32 bits per heavy atom. The molecule has 0 aromatic heterocycles. The maximum atomic E-state index is 12.2. The molecule has 7 heteroatoms. The lowest BCUT2D eigenvalue weighted by atomic mass is 9.99. The molecule has 112 valence electrons. The van der Waals surface area contributed by atoms with Gasteiger partial charge in [-0.25, -0.2) is 13.1 Å². The number of nitrogens with zero attached hydrogens (tertiary/aromatic N) is 1. The minimum atomic E-state index is -3.67. The quantitative estimate of drug-likeness (QED) is 0.715. The van der Waals surface area contributed by atoms with Crippen LogP contribution in [0.3, 0.4) is 0 Å². The Morgan fingerprint density at radius 1 is 1.37 bits per heavy atom. The maximum absolute atomic E-state index is 12.2. The van der Waals surface area contributed by atoms with E-state index in [0.29, 0.717) is 5.92 Å². The van der Waals surface area contributed by atoms with Crippen molar-refractivity contribution in [2.45, 2.75) is 43.9 Å². The molecular formula is C12H25N3O3S. The van der Waals surface area contributed by atoms with E-state index in [4.69, 9.17) is 5.73 Å². The van der Waals surface area contributed by atoms with Gasteiger partial charge in [-0.2, -0.15) is 0 Å². The number of sulfonamides is 1. The lowest BCUT2D eigenvalue weighted by Gasteiger charge is -2.25. The van der Waals surface area contributed by atoms with Gasteiger partial charge in [0.1, 0.15) is 0 Å². The van der Waals surface area contributed by atoms with Crippen molar-refractivity contribution in [2.24, 2.45) is 11.7 Å². The number of carbonyl (C=O) groups excluding carboxylic acids is 1. The summed E-state index contributed by atoms with van der Waals surface area (Å²) >= 11 is 0. The van der Waals surface area contributed by atoms with Crippen LogP contribution in [0.25, 0.3) is 0 Å². The second-order valence-corrected chi connectivity index (χ2v) is 7.46. The number of carbonyl (C=O) groups is 1. The van der Waals surface area contributed by atoms with Gasteiger partial charge in [-0.1, -0.05) is 12.8 Å². The van der Waals surface area contributed by atoms with E-state index in [0.717, 1.165) is 25.7 Å². The summed E-state index contributed by atoms with van der Waals surface area (Å²) < 4.78 is 27.0. The molecule has 1 fully saturated rings. The Morgan fingerprint density at radius 2 is 1.89 bits per heavy atom. The highest BCUT2D eigenvalue weighted by molar-refractivity contribution is 7.90. The van der Waals surface area contributed by atoms with Gasteiger partial charge in [-0.05, 0) is 25.7 Å². The smallest absolute Gasteiger partial charge is 0.241 e. The average molecular weight is 291 g/mol. The van der Waals surface area contributed by atoms with E-state index >= 15 is 0 Å². The zero-order valence-corrected chi connectivity index (χ0v) is 12.7. The third-order valence-electron chi connectivity index (χ3n) is 3.79. The number of rotatable bonds is 6. The third-order valence-corrected chi connectivity index (χ3v) is 5.56. The largest absolute Gasteiger partial charge is 0.348 e. The van der Waals surface area contributed by atoms with Crippen LogP contribution in [0.2, 0.25) is 0 Å². The highest BCUT2D eigenvalue weighted by Crippen LogP contribution is 2.27. The summed E-state index contributed by atoms with van der Waals surface area (Å²) in [6, 6.07) is -0.259. The Hall–Kier alpha value is -0.660. The fourth-order valence-electron chi connectivity index (χ4n) is 2.51. The molecule has 6 nitrogen and oxygen atoms in total. The van der Waals surface area contributed by atoms with Crippen LogP contribution in [-0.4, -0.2) is 51.2 Å². The molecule has 0 bridgehead atoms. The number of hydrogen-bond acceptors (Lipinski definition) is 4. The van der Waals surface area contributed by atoms with Gasteiger partial charge in [-0.15, -0.1) is 0 Å². The highest BCUT2D eigenvalue weighted by atomic mass is 32.2. The molecule has 0 aromatic rings. The van der Waals surface area contributed by atoms with Crippen molar-refractivity contribution in [3.63, 3.8) is 0 Å². The van der Waals surface area contributed by atoms with Crippen LogP contribution in [0.1, 0.15) is 32.6 Å². The second kappa shape index (κ2) is 6.67. The van der Waals surface area contributed by atoms with Crippen molar-refractivity contribution in [1.29, 1.82) is 0 Å². The topological polar surface area (TPSA) is 92.5 Å². The fraction of sp³-hybridized carbons (Fsp3) is 0.917. The normalized spacial score (nSPS) is 20.2. The standard InChI is InChI=1S/C12H25N3O3S/c1-9(12(16)15(2)3)19(17,18)14-11(8-13)10-6-4-5-7-10/h9-11,14H,4-8,13H2,1-3H3. The third kappa shape index (κ3) is 4.15. The van der Waals surface area contributed by atoms with E-state index in [1.54, 1.807) is 14.1 Å². The molecule has 0 spiro atoms. The van der Waals surface area contributed by atoms with Gasteiger partial charge in [0.25, 0.3) is 0 Å². The first kappa shape index (κ1) is 16.4. The lowest BCUT2D eigenvalue weighted by Crippen LogP contribution is -2.50. The van der Waals surface area contributed by atoms with E-state index < -0.39 is 21.2 Å². The van der Waals surface area contributed by atoms with Crippen molar-refractivity contribution < 1.29 is 13.2 Å². The van der Waals surface area contributed by atoms with E-state index in [1.807, 2.05) is 0 Å². The number of nitrogens with two attached hydrogens (primary N) is 1. The summed E-state index contributed by atoms with van der Waals surface area (Å²) in [7, 11) is -0.580. The van der Waals surface area contributed by atoms with Crippen LogP contribution in [-0.2, 0) is 14.8 Å². The van der Waals surface area contributed by atoms with Gasteiger partial charge >= 0.3 is 0 Å². The predicted octanol–water partition coefficient (Wildman–Crippen LogP) is -0.1000. The Bertz CT molecular complexity index is 402. The number of nitrogens with one attached hydrogen (secondary N) is 1. The summed E-state index contributed by atoms with van der Waals surface area (Å²) in [5.74, 6) is -0.129. The monoisotopic (exact) mass is 291 g/mol. The second-order valence-electron chi connectivity index (χ2n) is 5.42. The van der Waals surface area contributed by atoms with E-state index in [1.165, 1.54) is 11.8 Å². The van der Waals surface area contributed by atoms with Crippen molar-refractivity contribution in [3.05, 3.63) is 0 Å². The van der Waals surface area contributed by atoms with E-state index in [-0.39, 0.29) is 12.6 Å². The first-order valence-corrected chi connectivity index (χ1v) is 8.26. The lowest BCUT2D eigenvalue weighted by molar-refractivity contribution is -0.127. The highest BCUT2D eigenvalue weighted by Gasteiger charge is 2.34. The molecule has 0 heterocycles. The van der Waals surface area contributed by atoms with Crippen LogP contribution in [0.15, 0.2) is 0 Å². The van der Waals surface area contributed by atoms with Gasteiger partial charge in [-0.3, -0.25) is 4.79 Å². The van der Waals surface area contributed by atoms with Crippen LogP contribution < -0.4 is 10.5 Å². The van der Waals surface area contributed by atoms with Crippen molar-refractivity contribution in [1.82, 2.24) is 9.62 Å².